The topological polar surface area (TPSA) is 77.1 Å². The molecule has 0 aromatic heterocycles. The second kappa shape index (κ2) is 10.3. The van der Waals surface area contributed by atoms with E-state index in [0.717, 1.165) is 56.0 Å². The molecule has 2 aromatic rings. The highest BCUT2D eigenvalue weighted by Gasteiger charge is 2.20. The lowest BCUT2D eigenvalue weighted by Crippen LogP contribution is -2.32. The molecule has 2 aromatic carbocycles. The molecule has 0 radical (unpaired) electrons. The van der Waals surface area contributed by atoms with Gasteiger partial charge in [-0.25, -0.2) is 13.1 Å². The molecule has 8 heteroatoms. The molecule has 0 aliphatic carbocycles. The molecule has 0 spiro atoms. The second-order valence-electron chi connectivity index (χ2n) is 7.76. The van der Waals surface area contributed by atoms with E-state index in [1.54, 1.807) is 32.4 Å². The molecule has 1 aliphatic rings. The summed E-state index contributed by atoms with van der Waals surface area (Å²) in [5.74, 6) is 1.89. The fourth-order valence-electron chi connectivity index (χ4n) is 3.87. The third-order valence-corrected chi connectivity index (χ3v) is 7.10. The minimum absolute atomic E-state index is 0.178. The maximum Gasteiger partial charge on any atom is 0.244 e. The number of fused-ring (bicyclic) bond motifs is 1. The van der Waals surface area contributed by atoms with E-state index < -0.39 is 10.0 Å². The van der Waals surface area contributed by atoms with Gasteiger partial charge in [0.2, 0.25) is 10.0 Å². The van der Waals surface area contributed by atoms with Crippen LogP contribution in [-0.2, 0) is 23.0 Å². The molecule has 0 fully saturated rings. The number of sulfonamides is 1. The fourth-order valence-corrected chi connectivity index (χ4v) is 5.10. The van der Waals surface area contributed by atoms with E-state index in [9.17, 15) is 8.42 Å². The van der Waals surface area contributed by atoms with Gasteiger partial charge >= 0.3 is 0 Å². The van der Waals surface area contributed by atoms with Gasteiger partial charge in [-0.2, -0.15) is 0 Å². The number of rotatable bonds is 10. The van der Waals surface area contributed by atoms with Crippen molar-refractivity contribution in [2.75, 3.05) is 41.0 Å². The van der Waals surface area contributed by atoms with Crippen molar-refractivity contribution in [1.82, 2.24) is 9.62 Å². The van der Waals surface area contributed by atoms with Crippen molar-refractivity contribution in [3.05, 3.63) is 47.0 Å². The van der Waals surface area contributed by atoms with Crippen LogP contribution >= 0.6 is 0 Å². The Bertz CT molecular complexity index is 1010. The van der Waals surface area contributed by atoms with Gasteiger partial charge in [0.25, 0.3) is 0 Å². The van der Waals surface area contributed by atoms with Crippen molar-refractivity contribution >= 4 is 10.0 Å². The maximum absolute atomic E-state index is 12.6. The summed E-state index contributed by atoms with van der Waals surface area (Å²) in [7, 11) is 1.19. The van der Waals surface area contributed by atoms with E-state index in [1.807, 2.05) is 6.92 Å². The van der Waals surface area contributed by atoms with Crippen LogP contribution in [0.25, 0.3) is 0 Å². The molecule has 0 amide bonds. The highest BCUT2D eigenvalue weighted by molar-refractivity contribution is 7.89. The third-order valence-electron chi connectivity index (χ3n) is 5.60. The number of benzene rings is 2. The molecule has 31 heavy (non-hydrogen) atoms. The predicted molar refractivity (Wildman–Crippen MR) is 121 cm³/mol. The molecule has 0 atom stereocenters. The van der Waals surface area contributed by atoms with E-state index >= 15 is 0 Å². The smallest absolute Gasteiger partial charge is 0.244 e. The first-order valence-corrected chi connectivity index (χ1v) is 12.0. The van der Waals surface area contributed by atoms with E-state index in [1.165, 1.54) is 18.2 Å². The minimum Gasteiger partial charge on any atom is -0.495 e. The molecule has 1 N–H and O–H groups in total. The summed E-state index contributed by atoms with van der Waals surface area (Å²) < 4.78 is 44.0. The van der Waals surface area contributed by atoms with Gasteiger partial charge in [-0.3, -0.25) is 4.90 Å². The van der Waals surface area contributed by atoms with Gasteiger partial charge in [-0.15, -0.1) is 0 Å². The Morgan fingerprint density at radius 1 is 0.935 bits per heavy atom. The molecule has 170 valence electrons. The van der Waals surface area contributed by atoms with Crippen LogP contribution in [0, 0.1) is 6.92 Å². The molecule has 0 bridgehead atoms. The molecule has 3 rings (SSSR count). The highest BCUT2D eigenvalue weighted by atomic mass is 32.2. The number of hydrogen-bond acceptors (Lipinski definition) is 6. The van der Waals surface area contributed by atoms with Gasteiger partial charge in [0.15, 0.2) is 11.5 Å². The molecule has 0 unspecified atom stereocenters. The molecular formula is C23H32N2O5S. The monoisotopic (exact) mass is 448 g/mol. The molecule has 1 heterocycles. The van der Waals surface area contributed by atoms with Gasteiger partial charge in [-0.05, 0) is 73.7 Å². The van der Waals surface area contributed by atoms with Crippen LogP contribution in [0.15, 0.2) is 35.2 Å². The van der Waals surface area contributed by atoms with Crippen molar-refractivity contribution in [2.45, 2.75) is 37.6 Å². The summed E-state index contributed by atoms with van der Waals surface area (Å²) in [6.45, 7) is 5.06. The lowest BCUT2D eigenvalue weighted by atomic mass is 9.98. The van der Waals surface area contributed by atoms with Crippen molar-refractivity contribution in [2.24, 2.45) is 0 Å². The van der Waals surface area contributed by atoms with Crippen LogP contribution in [-0.4, -0.2) is 54.3 Å². The van der Waals surface area contributed by atoms with Crippen molar-refractivity contribution in [1.29, 1.82) is 0 Å². The number of nitrogens with one attached hydrogen (secondary N) is 1. The van der Waals surface area contributed by atoms with Crippen molar-refractivity contribution < 1.29 is 22.6 Å². The van der Waals surface area contributed by atoms with Crippen LogP contribution in [0.3, 0.4) is 0 Å². The van der Waals surface area contributed by atoms with Crippen LogP contribution in [0.4, 0.5) is 0 Å². The Morgan fingerprint density at radius 2 is 1.61 bits per heavy atom. The summed E-state index contributed by atoms with van der Waals surface area (Å²) >= 11 is 0. The number of hydrogen-bond donors (Lipinski definition) is 1. The first-order chi connectivity index (χ1) is 14.9. The Balaban J connectivity index is 1.49. The summed E-state index contributed by atoms with van der Waals surface area (Å²) in [4.78, 5) is 2.57. The van der Waals surface area contributed by atoms with Crippen LogP contribution in [0.5, 0.6) is 17.2 Å². The number of ether oxygens (including phenoxy) is 3. The average molecular weight is 449 g/mol. The normalized spacial score (nSPS) is 14.2. The highest BCUT2D eigenvalue weighted by Crippen LogP contribution is 2.33. The number of nitrogens with zero attached hydrogens (tertiary/aromatic N) is 1. The van der Waals surface area contributed by atoms with E-state index in [-0.39, 0.29) is 4.90 Å². The fraction of sp³-hybridized carbons (Fsp3) is 0.478. The summed E-state index contributed by atoms with van der Waals surface area (Å²) in [5.41, 5.74) is 3.51. The minimum atomic E-state index is -3.59. The van der Waals surface area contributed by atoms with E-state index in [0.29, 0.717) is 12.3 Å². The number of methoxy groups -OCH3 is 3. The first-order valence-electron chi connectivity index (χ1n) is 10.5. The van der Waals surface area contributed by atoms with Crippen molar-refractivity contribution in [3.63, 3.8) is 0 Å². The lowest BCUT2D eigenvalue weighted by molar-refractivity contribution is 0.248. The standard InChI is InChI=1S/C23H32N2O5S/c1-17-7-8-23(22(13-17)30-4)31(26,27)24-10-5-6-11-25-12-9-18-14-20(28-2)21(29-3)15-19(18)16-25/h7-8,13-15,24H,5-6,9-12,16H2,1-4H3. The average Bonchev–Trinajstić information content (AvgIpc) is 2.77. The first kappa shape index (κ1) is 23.4. The third kappa shape index (κ3) is 5.70. The van der Waals surface area contributed by atoms with Gasteiger partial charge < -0.3 is 14.2 Å². The zero-order chi connectivity index (χ0) is 22.4. The Kier molecular flexibility index (Phi) is 7.80. The molecule has 0 saturated heterocycles. The van der Waals surface area contributed by atoms with E-state index in [4.69, 9.17) is 14.2 Å². The maximum atomic E-state index is 12.6. The molecule has 0 saturated carbocycles. The largest absolute Gasteiger partial charge is 0.495 e. The summed E-state index contributed by atoms with van der Waals surface area (Å²) in [5, 5.41) is 0. The Morgan fingerprint density at radius 3 is 2.29 bits per heavy atom. The predicted octanol–water partition coefficient (Wildman–Crippen LogP) is 3.14. The molecule has 7 nitrogen and oxygen atoms in total. The number of unbranched alkanes of at least 4 members (excludes halogenated alkanes) is 1. The van der Waals surface area contributed by atoms with Crippen LogP contribution in [0.1, 0.15) is 29.5 Å². The van der Waals surface area contributed by atoms with E-state index in [2.05, 4.69) is 21.8 Å². The Hall–Kier alpha value is -2.29. The molecular weight excluding hydrogens is 416 g/mol. The van der Waals surface area contributed by atoms with Gasteiger partial charge in [0.05, 0.1) is 21.3 Å². The Labute approximate surface area is 185 Å². The zero-order valence-electron chi connectivity index (χ0n) is 18.7. The number of aryl methyl sites for hydroxylation is 1. The van der Waals surface area contributed by atoms with Crippen LogP contribution in [0.2, 0.25) is 0 Å². The van der Waals surface area contributed by atoms with Gasteiger partial charge in [-0.1, -0.05) is 6.07 Å². The molecule has 1 aliphatic heterocycles. The summed E-state index contributed by atoms with van der Waals surface area (Å²) in [6.07, 6.45) is 2.65. The summed E-state index contributed by atoms with van der Waals surface area (Å²) in [6, 6.07) is 9.22. The van der Waals surface area contributed by atoms with Crippen molar-refractivity contribution in [3.8, 4) is 17.2 Å². The van der Waals surface area contributed by atoms with Gasteiger partial charge in [0.1, 0.15) is 10.6 Å². The SMILES string of the molecule is COc1cc2c(cc1OC)CN(CCCCNS(=O)(=O)c1ccc(C)cc1OC)CC2. The second-order valence-corrected chi connectivity index (χ2v) is 9.50. The van der Waals surface area contributed by atoms with Gasteiger partial charge in [0, 0.05) is 19.6 Å². The lowest BCUT2D eigenvalue weighted by Gasteiger charge is -2.29. The zero-order valence-corrected chi connectivity index (χ0v) is 19.5. The van der Waals surface area contributed by atoms with Crippen LogP contribution < -0.4 is 18.9 Å². The quantitative estimate of drug-likeness (QED) is 0.563.